The minimum atomic E-state index is -0.628. The predicted octanol–water partition coefficient (Wildman–Crippen LogP) is 3.53. The number of nitrogens with zero attached hydrogens (tertiary/aromatic N) is 2. The third-order valence-corrected chi connectivity index (χ3v) is 6.93. The highest BCUT2D eigenvalue weighted by atomic mass is 19.1. The van der Waals surface area contributed by atoms with Gasteiger partial charge in [0.25, 0.3) is 5.56 Å². The number of hydrogen-bond donors (Lipinski definition) is 1. The molecule has 2 aliphatic carbocycles. The van der Waals surface area contributed by atoms with Gasteiger partial charge in [-0.1, -0.05) is 32.1 Å². The minimum absolute atomic E-state index is 0.0141. The monoisotopic (exact) mass is 431 g/mol. The first kappa shape index (κ1) is 20.7. The summed E-state index contributed by atoms with van der Waals surface area (Å²) in [5, 5.41) is 3.56. The van der Waals surface area contributed by atoms with Crippen LogP contribution in [0.2, 0.25) is 0 Å². The predicted molar refractivity (Wildman–Crippen MR) is 116 cm³/mol. The normalized spacial score (nSPS) is 21.3. The minimum Gasteiger partial charge on any atom is -0.380 e. The number of benzene rings is 1. The molecule has 5 rings (SSSR count). The van der Waals surface area contributed by atoms with Gasteiger partial charge in [0.1, 0.15) is 5.82 Å². The molecule has 0 bridgehead atoms. The maximum atomic E-state index is 15.1. The molecule has 1 saturated heterocycles. The van der Waals surface area contributed by atoms with E-state index in [2.05, 4.69) is 5.32 Å². The fourth-order valence-corrected chi connectivity index (χ4v) is 5.31. The highest BCUT2D eigenvalue weighted by Gasteiger charge is 2.27. The van der Waals surface area contributed by atoms with Crippen LogP contribution in [0.5, 0.6) is 0 Å². The summed E-state index contributed by atoms with van der Waals surface area (Å²) in [6.45, 7) is 0.896. The summed E-state index contributed by atoms with van der Waals surface area (Å²) in [4.78, 5) is 26.7. The molecule has 7 nitrogen and oxygen atoms in total. The molecular formula is C23H30FN3O4. The summed E-state index contributed by atoms with van der Waals surface area (Å²) in [6, 6.07) is 3.21. The zero-order valence-electron chi connectivity index (χ0n) is 17.8. The zero-order valence-corrected chi connectivity index (χ0v) is 17.8. The Kier molecular flexibility index (Phi) is 5.84. The Balaban J connectivity index is 1.62. The Morgan fingerprint density at radius 2 is 1.65 bits per heavy atom. The van der Waals surface area contributed by atoms with E-state index < -0.39 is 17.7 Å². The lowest BCUT2D eigenvalue weighted by atomic mass is 9.95. The van der Waals surface area contributed by atoms with Gasteiger partial charge in [0.15, 0.2) is 6.29 Å². The van der Waals surface area contributed by atoms with Crippen LogP contribution >= 0.6 is 0 Å². The Hall–Kier alpha value is -2.19. The molecule has 3 fully saturated rings. The van der Waals surface area contributed by atoms with E-state index in [-0.39, 0.29) is 29.7 Å². The van der Waals surface area contributed by atoms with Gasteiger partial charge in [0, 0.05) is 12.1 Å². The molecule has 3 aliphatic rings. The van der Waals surface area contributed by atoms with E-state index in [1.165, 1.54) is 12.5 Å². The number of halogens is 1. The zero-order chi connectivity index (χ0) is 21.4. The van der Waals surface area contributed by atoms with Gasteiger partial charge >= 0.3 is 5.69 Å². The fourth-order valence-electron chi connectivity index (χ4n) is 5.31. The highest BCUT2D eigenvalue weighted by molar-refractivity contribution is 5.82. The topological polar surface area (TPSA) is 74.5 Å². The quantitative estimate of drug-likeness (QED) is 0.784. The highest BCUT2D eigenvalue weighted by Crippen LogP contribution is 2.32. The molecule has 0 atom stereocenters. The molecule has 0 radical (unpaired) electrons. The number of aromatic nitrogens is 2. The van der Waals surface area contributed by atoms with Crippen molar-refractivity contribution in [1.29, 1.82) is 0 Å². The third kappa shape index (κ3) is 4.03. The first-order chi connectivity index (χ1) is 15.1. The van der Waals surface area contributed by atoms with Crippen LogP contribution in [0.4, 0.5) is 10.1 Å². The second-order valence-corrected chi connectivity index (χ2v) is 9.01. The van der Waals surface area contributed by atoms with Crippen molar-refractivity contribution in [3.05, 3.63) is 38.8 Å². The maximum Gasteiger partial charge on any atom is 0.331 e. The number of nitrogens with one attached hydrogen (secondary N) is 1. The molecule has 0 unspecified atom stereocenters. The van der Waals surface area contributed by atoms with Crippen LogP contribution in [0.3, 0.4) is 0 Å². The summed E-state index contributed by atoms with van der Waals surface area (Å²) < 4.78 is 28.8. The van der Waals surface area contributed by atoms with Gasteiger partial charge in [-0.15, -0.1) is 0 Å². The van der Waals surface area contributed by atoms with Crippen molar-refractivity contribution in [2.75, 3.05) is 18.5 Å². The summed E-state index contributed by atoms with van der Waals surface area (Å²) in [6.07, 6.45) is 8.72. The van der Waals surface area contributed by atoms with E-state index in [0.717, 1.165) is 55.9 Å². The fraction of sp³-hybridized carbons (Fsp3) is 0.652. The third-order valence-electron chi connectivity index (χ3n) is 6.93. The Morgan fingerprint density at radius 1 is 0.968 bits per heavy atom. The van der Waals surface area contributed by atoms with Crippen molar-refractivity contribution in [3.8, 4) is 0 Å². The Morgan fingerprint density at radius 3 is 2.35 bits per heavy atom. The van der Waals surface area contributed by atoms with E-state index in [0.29, 0.717) is 24.4 Å². The molecule has 31 heavy (non-hydrogen) atoms. The van der Waals surface area contributed by atoms with Crippen molar-refractivity contribution in [1.82, 2.24) is 9.13 Å². The van der Waals surface area contributed by atoms with E-state index >= 15 is 4.39 Å². The average molecular weight is 432 g/mol. The van der Waals surface area contributed by atoms with Crippen molar-refractivity contribution in [2.24, 2.45) is 0 Å². The van der Waals surface area contributed by atoms with E-state index in [9.17, 15) is 9.59 Å². The standard InChI is InChI=1S/C23H30FN3O4/c24-18-12-17-20(13-19(18)25-15-6-2-1-3-7-15)27(16-8-4-5-9-16)23(29)26(22(17)28)14-21-30-10-11-31-21/h12-13,15-16,21,25H,1-11,14H2. The van der Waals surface area contributed by atoms with Crippen LogP contribution < -0.4 is 16.6 Å². The summed E-state index contributed by atoms with van der Waals surface area (Å²) in [7, 11) is 0. The number of ether oxygens (including phenoxy) is 2. The van der Waals surface area contributed by atoms with E-state index in [4.69, 9.17) is 9.47 Å². The number of fused-ring (bicyclic) bond motifs is 1. The van der Waals surface area contributed by atoms with Crippen molar-refractivity contribution in [2.45, 2.75) is 82.7 Å². The SMILES string of the molecule is O=c1c2cc(F)c(NC3CCCCC3)cc2n(C2CCCC2)c(=O)n1CC1OCCO1. The number of rotatable bonds is 5. The molecule has 1 aromatic heterocycles. The second kappa shape index (κ2) is 8.74. The van der Waals surface area contributed by atoms with Crippen molar-refractivity contribution >= 4 is 16.6 Å². The average Bonchev–Trinajstić information content (AvgIpc) is 3.48. The molecule has 2 heterocycles. The van der Waals surface area contributed by atoms with Crippen LogP contribution in [0.15, 0.2) is 21.7 Å². The lowest BCUT2D eigenvalue weighted by molar-refractivity contribution is -0.0539. The van der Waals surface area contributed by atoms with Crippen LogP contribution in [0, 0.1) is 5.82 Å². The Labute approximate surface area is 180 Å². The summed E-state index contributed by atoms with van der Waals surface area (Å²) in [5.74, 6) is -0.452. The molecule has 2 aromatic rings. The number of anilines is 1. The summed E-state index contributed by atoms with van der Waals surface area (Å²) in [5.41, 5.74) is 0.0477. The molecule has 2 saturated carbocycles. The largest absolute Gasteiger partial charge is 0.380 e. The van der Waals surface area contributed by atoms with Gasteiger partial charge in [0.2, 0.25) is 0 Å². The van der Waals surface area contributed by atoms with E-state index in [1.807, 2.05) is 0 Å². The first-order valence-corrected chi connectivity index (χ1v) is 11.6. The van der Waals surface area contributed by atoms with Crippen LogP contribution in [0.25, 0.3) is 10.9 Å². The van der Waals surface area contributed by atoms with Crippen LogP contribution in [-0.2, 0) is 16.0 Å². The van der Waals surface area contributed by atoms with Gasteiger partial charge in [-0.3, -0.25) is 13.9 Å². The molecule has 0 amide bonds. The molecule has 168 valence electrons. The van der Waals surface area contributed by atoms with Crippen molar-refractivity contribution < 1.29 is 13.9 Å². The maximum absolute atomic E-state index is 15.1. The smallest absolute Gasteiger partial charge is 0.331 e. The van der Waals surface area contributed by atoms with Gasteiger partial charge in [-0.25, -0.2) is 9.18 Å². The molecule has 0 spiro atoms. The van der Waals surface area contributed by atoms with Gasteiger partial charge < -0.3 is 14.8 Å². The van der Waals surface area contributed by atoms with Gasteiger partial charge in [0.05, 0.1) is 36.3 Å². The summed E-state index contributed by atoms with van der Waals surface area (Å²) >= 11 is 0. The molecule has 1 aliphatic heterocycles. The molecule has 8 heteroatoms. The second-order valence-electron chi connectivity index (χ2n) is 9.01. The van der Waals surface area contributed by atoms with Gasteiger partial charge in [-0.05, 0) is 37.8 Å². The lowest BCUT2D eigenvalue weighted by Crippen LogP contribution is -2.43. The van der Waals surface area contributed by atoms with Crippen LogP contribution in [0.1, 0.15) is 63.8 Å². The van der Waals surface area contributed by atoms with Crippen LogP contribution in [-0.4, -0.2) is 34.7 Å². The number of hydrogen-bond acceptors (Lipinski definition) is 5. The van der Waals surface area contributed by atoms with E-state index in [1.54, 1.807) is 10.6 Å². The first-order valence-electron chi connectivity index (χ1n) is 11.6. The van der Waals surface area contributed by atoms with Crippen molar-refractivity contribution in [3.63, 3.8) is 0 Å². The molecular weight excluding hydrogens is 401 g/mol. The van der Waals surface area contributed by atoms with Gasteiger partial charge in [-0.2, -0.15) is 0 Å². The molecule has 1 N–H and O–H groups in total. The Bertz CT molecular complexity index is 1060. The lowest BCUT2D eigenvalue weighted by Gasteiger charge is -2.25. The molecule has 1 aromatic carbocycles.